The molecule has 0 bridgehead atoms. The first-order valence-electron chi connectivity index (χ1n) is 8.88. The summed E-state index contributed by atoms with van der Waals surface area (Å²) >= 11 is 0. The minimum atomic E-state index is -0.979. The van der Waals surface area contributed by atoms with Crippen molar-refractivity contribution in [1.82, 2.24) is 24.6 Å². The quantitative estimate of drug-likeness (QED) is 0.433. The molecule has 0 aliphatic carbocycles. The van der Waals surface area contributed by atoms with Gasteiger partial charge in [-0.3, -0.25) is 4.79 Å². The van der Waals surface area contributed by atoms with Crippen molar-refractivity contribution in [2.45, 2.75) is 33.8 Å². The summed E-state index contributed by atoms with van der Waals surface area (Å²) in [7, 11) is 0. The van der Waals surface area contributed by atoms with Gasteiger partial charge in [-0.2, -0.15) is 4.98 Å². The molecule has 28 heavy (non-hydrogen) atoms. The zero-order chi connectivity index (χ0) is 20.0. The van der Waals surface area contributed by atoms with Gasteiger partial charge in [0.25, 0.3) is 11.6 Å². The highest BCUT2D eigenvalue weighted by molar-refractivity contribution is 6.11. The second-order valence-electron chi connectivity index (χ2n) is 6.77. The van der Waals surface area contributed by atoms with Crippen molar-refractivity contribution >= 4 is 28.4 Å². The SMILES string of the molecule is Cc1cc(C)n2nc(C(=O)O[C@@H](C)C(=O)c3c(C)[nH]c4ccccc34)nc2n1. The Bertz CT molecular complexity index is 1240. The number of esters is 1. The highest BCUT2D eigenvalue weighted by Gasteiger charge is 2.26. The molecule has 1 aromatic carbocycles. The fraction of sp³-hybridized carbons (Fsp3) is 0.250. The van der Waals surface area contributed by atoms with Gasteiger partial charge in [0.2, 0.25) is 5.78 Å². The largest absolute Gasteiger partial charge is 0.448 e. The molecule has 0 saturated carbocycles. The molecule has 0 aliphatic heterocycles. The molecule has 0 fully saturated rings. The maximum Gasteiger partial charge on any atom is 0.379 e. The molecule has 8 heteroatoms. The molecule has 4 rings (SSSR count). The van der Waals surface area contributed by atoms with Crippen LogP contribution in [0.5, 0.6) is 0 Å². The lowest BCUT2D eigenvalue weighted by molar-refractivity contribution is 0.0307. The van der Waals surface area contributed by atoms with E-state index >= 15 is 0 Å². The van der Waals surface area contributed by atoms with E-state index in [2.05, 4.69) is 20.1 Å². The van der Waals surface area contributed by atoms with E-state index in [-0.39, 0.29) is 11.6 Å². The summed E-state index contributed by atoms with van der Waals surface area (Å²) in [6.07, 6.45) is -0.979. The molecule has 0 spiro atoms. The number of fused-ring (bicyclic) bond motifs is 2. The van der Waals surface area contributed by atoms with Gasteiger partial charge in [-0.05, 0) is 39.8 Å². The molecular formula is C20H19N5O3. The van der Waals surface area contributed by atoms with Crippen molar-refractivity contribution in [1.29, 1.82) is 0 Å². The number of carbonyl (C=O) groups excluding carboxylic acids is 2. The molecule has 0 saturated heterocycles. The Hall–Kier alpha value is -3.55. The van der Waals surface area contributed by atoms with Crippen LogP contribution in [-0.4, -0.2) is 42.4 Å². The molecule has 3 aromatic heterocycles. The van der Waals surface area contributed by atoms with Gasteiger partial charge in [-0.1, -0.05) is 18.2 Å². The molecule has 4 aromatic rings. The Morgan fingerprint density at radius 3 is 2.68 bits per heavy atom. The summed E-state index contributed by atoms with van der Waals surface area (Å²) < 4.78 is 6.83. The van der Waals surface area contributed by atoms with E-state index < -0.39 is 12.1 Å². The van der Waals surface area contributed by atoms with Gasteiger partial charge in [0.05, 0.1) is 0 Å². The Labute approximate surface area is 160 Å². The predicted octanol–water partition coefficient (Wildman–Crippen LogP) is 2.96. The second-order valence-corrected chi connectivity index (χ2v) is 6.77. The Kier molecular flexibility index (Phi) is 4.18. The fourth-order valence-electron chi connectivity index (χ4n) is 3.32. The standard InChI is InChI=1S/C20H19N5O3/c1-10-9-11(2)25-20(21-10)23-18(24-25)19(27)28-13(4)17(26)16-12(3)22-15-8-6-5-7-14(15)16/h5-9,13,22H,1-4H3/t13-/m0/s1. The maximum absolute atomic E-state index is 12.9. The summed E-state index contributed by atoms with van der Waals surface area (Å²) in [6.45, 7) is 7.05. The fourth-order valence-corrected chi connectivity index (χ4v) is 3.32. The van der Waals surface area contributed by atoms with Crippen LogP contribution >= 0.6 is 0 Å². The van der Waals surface area contributed by atoms with Crippen molar-refractivity contribution in [2.24, 2.45) is 0 Å². The number of carbonyl (C=O) groups is 2. The van der Waals surface area contributed by atoms with E-state index in [0.717, 1.165) is 28.0 Å². The van der Waals surface area contributed by atoms with Crippen LogP contribution in [-0.2, 0) is 4.74 Å². The van der Waals surface area contributed by atoms with Crippen molar-refractivity contribution in [3.05, 3.63) is 58.8 Å². The number of benzene rings is 1. The van der Waals surface area contributed by atoms with Gasteiger partial charge >= 0.3 is 5.97 Å². The average molecular weight is 377 g/mol. The van der Waals surface area contributed by atoms with Gasteiger partial charge in [-0.15, -0.1) is 5.10 Å². The number of para-hydroxylation sites is 1. The summed E-state index contributed by atoms with van der Waals surface area (Å²) in [5.74, 6) is -0.856. The highest BCUT2D eigenvalue weighted by Crippen LogP contribution is 2.24. The number of hydrogen-bond acceptors (Lipinski definition) is 6. The third-order valence-corrected chi connectivity index (χ3v) is 4.59. The lowest BCUT2D eigenvalue weighted by atomic mass is 10.0. The summed E-state index contributed by atoms with van der Waals surface area (Å²) in [5, 5.41) is 4.95. The number of aryl methyl sites for hydroxylation is 3. The molecule has 142 valence electrons. The topological polar surface area (TPSA) is 102 Å². The van der Waals surface area contributed by atoms with Crippen molar-refractivity contribution in [3.8, 4) is 0 Å². The molecule has 0 aliphatic rings. The Morgan fingerprint density at radius 1 is 1.14 bits per heavy atom. The van der Waals surface area contributed by atoms with Crippen LogP contribution in [0.25, 0.3) is 16.7 Å². The smallest absolute Gasteiger partial charge is 0.379 e. The summed E-state index contributed by atoms with van der Waals surface area (Å²) in [4.78, 5) is 37.0. The van der Waals surface area contributed by atoms with E-state index in [9.17, 15) is 9.59 Å². The first kappa shape index (κ1) is 17.8. The van der Waals surface area contributed by atoms with Crippen LogP contribution in [0.2, 0.25) is 0 Å². The second kappa shape index (κ2) is 6.56. The number of rotatable bonds is 4. The molecular weight excluding hydrogens is 358 g/mol. The maximum atomic E-state index is 12.9. The Morgan fingerprint density at radius 2 is 1.89 bits per heavy atom. The number of nitrogens with zero attached hydrogens (tertiary/aromatic N) is 4. The van der Waals surface area contributed by atoms with Crippen LogP contribution in [0.1, 0.15) is 45.0 Å². The first-order chi connectivity index (χ1) is 13.3. The third-order valence-electron chi connectivity index (χ3n) is 4.59. The number of hydrogen-bond donors (Lipinski definition) is 1. The van der Waals surface area contributed by atoms with E-state index in [1.165, 1.54) is 4.52 Å². The van der Waals surface area contributed by atoms with Crippen molar-refractivity contribution in [2.75, 3.05) is 0 Å². The first-order valence-corrected chi connectivity index (χ1v) is 8.88. The van der Waals surface area contributed by atoms with Crippen LogP contribution < -0.4 is 0 Å². The summed E-state index contributed by atoms with van der Waals surface area (Å²) in [6, 6.07) is 9.35. The van der Waals surface area contributed by atoms with Crippen LogP contribution in [0, 0.1) is 20.8 Å². The van der Waals surface area contributed by atoms with Crippen LogP contribution in [0.15, 0.2) is 30.3 Å². The minimum absolute atomic E-state index is 0.128. The van der Waals surface area contributed by atoms with E-state index in [1.807, 2.05) is 51.1 Å². The molecule has 8 nitrogen and oxygen atoms in total. The normalized spacial score (nSPS) is 12.4. The van der Waals surface area contributed by atoms with E-state index in [4.69, 9.17) is 4.74 Å². The summed E-state index contributed by atoms with van der Waals surface area (Å²) in [5.41, 5.74) is 3.69. The van der Waals surface area contributed by atoms with E-state index in [0.29, 0.717) is 11.3 Å². The van der Waals surface area contributed by atoms with Crippen LogP contribution in [0.3, 0.4) is 0 Å². The number of H-pyrrole nitrogens is 1. The van der Waals surface area contributed by atoms with Gasteiger partial charge in [0.15, 0.2) is 6.10 Å². The van der Waals surface area contributed by atoms with Gasteiger partial charge < -0.3 is 9.72 Å². The number of aromatic nitrogens is 5. The van der Waals surface area contributed by atoms with Gasteiger partial charge in [0, 0.05) is 33.5 Å². The van der Waals surface area contributed by atoms with Crippen LogP contribution in [0.4, 0.5) is 0 Å². The monoisotopic (exact) mass is 377 g/mol. The van der Waals surface area contributed by atoms with Gasteiger partial charge in [-0.25, -0.2) is 14.3 Å². The zero-order valence-electron chi connectivity index (χ0n) is 16.0. The molecule has 1 atom stereocenters. The van der Waals surface area contributed by atoms with Gasteiger partial charge in [0.1, 0.15) is 0 Å². The molecule has 0 unspecified atom stereocenters. The number of ketones is 1. The van der Waals surface area contributed by atoms with Crippen molar-refractivity contribution in [3.63, 3.8) is 0 Å². The molecule has 0 amide bonds. The number of nitrogens with one attached hydrogen (secondary N) is 1. The Balaban J connectivity index is 1.60. The minimum Gasteiger partial charge on any atom is -0.448 e. The number of ether oxygens (including phenoxy) is 1. The van der Waals surface area contributed by atoms with Crippen molar-refractivity contribution < 1.29 is 14.3 Å². The zero-order valence-corrected chi connectivity index (χ0v) is 16.0. The molecule has 3 heterocycles. The molecule has 0 radical (unpaired) electrons. The average Bonchev–Trinajstić information content (AvgIpc) is 3.21. The number of Topliss-reactive ketones (excluding diaryl/α,β-unsaturated/α-hetero) is 1. The van der Waals surface area contributed by atoms with E-state index in [1.54, 1.807) is 6.92 Å². The third kappa shape index (κ3) is 2.92. The number of aromatic amines is 1. The highest BCUT2D eigenvalue weighted by atomic mass is 16.5. The predicted molar refractivity (Wildman–Crippen MR) is 102 cm³/mol. The lowest BCUT2D eigenvalue weighted by Gasteiger charge is -2.11. The molecule has 1 N–H and O–H groups in total. The lowest BCUT2D eigenvalue weighted by Crippen LogP contribution is -2.25.